The van der Waals surface area contributed by atoms with Crippen LogP contribution >= 0.6 is 0 Å². The second-order valence-corrected chi connectivity index (χ2v) is 4.00. The molecule has 0 radical (unpaired) electrons. The van der Waals surface area contributed by atoms with Crippen molar-refractivity contribution in [1.29, 1.82) is 0 Å². The van der Waals surface area contributed by atoms with Gasteiger partial charge < -0.3 is 9.64 Å². The van der Waals surface area contributed by atoms with Crippen molar-refractivity contribution in [2.45, 2.75) is 32.7 Å². The minimum atomic E-state index is 0.127. The maximum atomic E-state index is 11.5. The number of hydrogen-bond acceptors (Lipinski definition) is 2. The zero-order valence-electron chi connectivity index (χ0n) is 8.75. The molecule has 0 aliphatic carbocycles. The average Bonchev–Trinajstić information content (AvgIpc) is 2.04. The molecule has 1 heterocycles. The minimum Gasteiger partial charge on any atom is -0.375 e. The van der Waals surface area contributed by atoms with Crippen LogP contribution in [0, 0.1) is 5.92 Å². The number of carbonyl (C=O) groups is 1. The smallest absolute Gasteiger partial charge is 0.248 e. The van der Waals surface area contributed by atoms with Gasteiger partial charge in [0.15, 0.2) is 0 Å². The van der Waals surface area contributed by atoms with E-state index in [0.717, 1.165) is 25.3 Å². The lowest BCUT2D eigenvalue weighted by Crippen LogP contribution is -2.45. The Labute approximate surface area is 80.1 Å². The molecule has 0 spiro atoms. The summed E-state index contributed by atoms with van der Waals surface area (Å²) in [7, 11) is 1.56. The summed E-state index contributed by atoms with van der Waals surface area (Å²) in [5.74, 6) is 0.878. The summed E-state index contributed by atoms with van der Waals surface area (Å²) >= 11 is 0. The molecule has 1 aliphatic rings. The molecule has 1 amide bonds. The summed E-state index contributed by atoms with van der Waals surface area (Å²) in [4.78, 5) is 13.5. The van der Waals surface area contributed by atoms with E-state index in [2.05, 4.69) is 13.8 Å². The monoisotopic (exact) mass is 185 g/mol. The molecule has 0 bridgehead atoms. The summed E-state index contributed by atoms with van der Waals surface area (Å²) in [6.07, 6.45) is 2.25. The van der Waals surface area contributed by atoms with Gasteiger partial charge in [-0.1, -0.05) is 6.92 Å². The molecule has 0 saturated carbocycles. The molecular weight excluding hydrogens is 166 g/mol. The van der Waals surface area contributed by atoms with Crippen molar-refractivity contribution in [3.63, 3.8) is 0 Å². The quantitative estimate of drug-likeness (QED) is 0.648. The average molecular weight is 185 g/mol. The van der Waals surface area contributed by atoms with Gasteiger partial charge in [-0.2, -0.15) is 0 Å². The highest BCUT2D eigenvalue weighted by molar-refractivity contribution is 5.77. The van der Waals surface area contributed by atoms with Crippen LogP contribution in [0.5, 0.6) is 0 Å². The Morgan fingerprint density at radius 3 is 2.77 bits per heavy atom. The predicted molar refractivity (Wildman–Crippen MR) is 51.4 cm³/mol. The lowest BCUT2D eigenvalue weighted by molar-refractivity contribution is -0.139. The van der Waals surface area contributed by atoms with E-state index in [1.165, 1.54) is 0 Å². The number of methoxy groups -OCH3 is 1. The minimum absolute atomic E-state index is 0.127. The first-order chi connectivity index (χ1) is 6.15. The number of likely N-dealkylation sites (tertiary alicyclic amines) is 1. The van der Waals surface area contributed by atoms with E-state index in [-0.39, 0.29) is 12.5 Å². The standard InChI is InChI=1S/C10H19NO2/c1-8-4-5-11(9(2)6-8)10(12)7-13-3/h8-9H,4-7H2,1-3H3/t8-,9-/m0/s1. The molecule has 1 saturated heterocycles. The Morgan fingerprint density at radius 1 is 1.54 bits per heavy atom. The fraction of sp³-hybridized carbons (Fsp3) is 0.900. The van der Waals surface area contributed by atoms with Crippen LogP contribution < -0.4 is 0 Å². The summed E-state index contributed by atoms with van der Waals surface area (Å²) in [6, 6.07) is 0.381. The normalized spacial score (nSPS) is 29.0. The number of amides is 1. The van der Waals surface area contributed by atoms with Gasteiger partial charge in [-0.3, -0.25) is 4.79 Å². The second kappa shape index (κ2) is 4.61. The molecule has 0 aromatic carbocycles. The highest BCUT2D eigenvalue weighted by atomic mass is 16.5. The molecule has 1 rings (SSSR count). The van der Waals surface area contributed by atoms with Crippen molar-refractivity contribution in [1.82, 2.24) is 4.90 Å². The lowest BCUT2D eigenvalue weighted by Gasteiger charge is -2.36. The largest absolute Gasteiger partial charge is 0.375 e. The summed E-state index contributed by atoms with van der Waals surface area (Å²) in [5, 5.41) is 0. The molecular formula is C10H19NO2. The molecule has 13 heavy (non-hydrogen) atoms. The first kappa shape index (κ1) is 10.5. The van der Waals surface area contributed by atoms with Crippen LogP contribution in [0.4, 0.5) is 0 Å². The molecule has 3 heteroatoms. The predicted octanol–water partition coefficient (Wildman–Crippen LogP) is 1.28. The van der Waals surface area contributed by atoms with Crippen LogP contribution in [0.1, 0.15) is 26.7 Å². The van der Waals surface area contributed by atoms with Gasteiger partial charge in [-0.05, 0) is 25.7 Å². The van der Waals surface area contributed by atoms with Gasteiger partial charge in [-0.15, -0.1) is 0 Å². The van der Waals surface area contributed by atoms with Crippen LogP contribution in [0.3, 0.4) is 0 Å². The SMILES string of the molecule is COCC(=O)N1CC[C@H](C)C[C@@H]1C. The third-order valence-corrected chi connectivity index (χ3v) is 2.73. The zero-order valence-corrected chi connectivity index (χ0v) is 8.75. The third-order valence-electron chi connectivity index (χ3n) is 2.73. The Bertz CT molecular complexity index is 182. The number of piperidine rings is 1. The summed E-state index contributed by atoms with van der Waals surface area (Å²) in [6.45, 7) is 5.47. The van der Waals surface area contributed by atoms with Crippen molar-refractivity contribution in [3.05, 3.63) is 0 Å². The zero-order chi connectivity index (χ0) is 9.84. The molecule has 1 aliphatic heterocycles. The highest BCUT2D eigenvalue weighted by Gasteiger charge is 2.26. The molecule has 0 unspecified atom stereocenters. The molecule has 76 valence electrons. The number of carbonyl (C=O) groups excluding carboxylic acids is 1. The van der Waals surface area contributed by atoms with E-state index in [1.807, 2.05) is 4.90 Å². The molecule has 2 atom stereocenters. The van der Waals surface area contributed by atoms with Crippen LogP contribution in [0.15, 0.2) is 0 Å². The number of nitrogens with zero attached hydrogens (tertiary/aromatic N) is 1. The highest BCUT2D eigenvalue weighted by Crippen LogP contribution is 2.21. The second-order valence-electron chi connectivity index (χ2n) is 4.00. The van der Waals surface area contributed by atoms with Crippen molar-refractivity contribution in [3.8, 4) is 0 Å². The van der Waals surface area contributed by atoms with Gasteiger partial charge in [0.25, 0.3) is 0 Å². The van der Waals surface area contributed by atoms with E-state index in [9.17, 15) is 4.79 Å². The van der Waals surface area contributed by atoms with Gasteiger partial charge in [0.2, 0.25) is 5.91 Å². The Kier molecular flexibility index (Phi) is 3.72. The Balaban J connectivity index is 2.45. The van der Waals surface area contributed by atoms with Crippen molar-refractivity contribution >= 4 is 5.91 Å². The summed E-state index contributed by atoms with van der Waals surface area (Å²) in [5.41, 5.74) is 0. The van der Waals surface area contributed by atoms with Crippen molar-refractivity contribution < 1.29 is 9.53 Å². The van der Waals surface area contributed by atoms with Crippen molar-refractivity contribution in [2.75, 3.05) is 20.3 Å². The maximum absolute atomic E-state index is 11.5. The maximum Gasteiger partial charge on any atom is 0.248 e. The van der Waals surface area contributed by atoms with Gasteiger partial charge in [-0.25, -0.2) is 0 Å². The molecule has 3 nitrogen and oxygen atoms in total. The van der Waals surface area contributed by atoms with Crippen LogP contribution in [0.2, 0.25) is 0 Å². The summed E-state index contributed by atoms with van der Waals surface area (Å²) < 4.78 is 4.84. The van der Waals surface area contributed by atoms with Gasteiger partial charge in [0, 0.05) is 19.7 Å². The first-order valence-corrected chi connectivity index (χ1v) is 4.93. The topological polar surface area (TPSA) is 29.5 Å². The molecule has 0 aromatic rings. The van der Waals surface area contributed by atoms with E-state index in [0.29, 0.717) is 6.04 Å². The molecule has 0 N–H and O–H groups in total. The van der Waals surface area contributed by atoms with E-state index in [1.54, 1.807) is 7.11 Å². The van der Waals surface area contributed by atoms with Gasteiger partial charge >= 0.3 is 0 Å². The van der Waals surface area contributed by atoms with E-state index >= 15 is 0 Å². The molecule has 0 aromatic heterocycles. The van der Waals surface area contributed by atoms with Gasteiger partial charge in [0.1, 0.15) is 6.61 Å². The lowest BCUT2D eigenvalue weighted by atomic mass is 9.93. The number of ether oxygens (including phenoxy) is 1. The number of rotatable bonds is 2. The van der Waals surface area contributed by atoms with Crippen LogP contribution in [-0.4, -0.2) is 37.1 Å². The third kappa shape index (κ3) is 2.69. The van der Waals surface area contributed by atoms with Crippen LogP contribution in [-0.2, 0) is 9.53 Å². The first-order valence-electron chi connectivity index (χ1n) is 4.93. The molecule has 1 fully saturated rings. The number of hydrogen-bond donors (Lipinski definition) is 0. The van der Waals surface area contributed by atoms with E-state index < -0.39 is 0 Å². The van der Waals surface area contributed by atoms with E-state index in [4.69, 9.17) is 4.74 Å². The fourth-order valence-electron chi connectivity index (χ4n) is 1.98. The van der Waals surface area contributed by atoms with Crippen molar-refractivity contribution in [2.24, 2.45) is 5.92 Å². The Hall–Kier alpha value is -0.570. The van der Waals surface area contributed by atoms with Crippen LogP contribution in [0.25, 0.3) is 0 Å². The fourth-order valence-corrected chi connectivity index (χ4v) is 1.98. The Morgan fingerprint density at radius 2 is 2.23 bits per heavy atom. The van der Waals surface area contributed by atoms with Gasteiger partial charge in [0.05, 0.1) is 0 Å².